The summed E-state index contributed by atoms with van der Waals surface area (Å²) < 4.78 is 42.7. The van der Waals surface area contributed by atoms with Gasteiger partial charge in [0, 0.05) is 12.7 Å². The van der Waals surface area contributed by atoms with E-state index in [0.29, 0.717) is 6.07 Å². The van der Waals surface area contributed by atoms with Crippen molar-refractivity contribution < 1.29 is 27.9 Å². The van der Waals surface area contributed by atoms with Gasteiger partial charge < -0.3 is 21.0 Å². The molecule has 116 valence electrons. The molecule has 0 saturated heterocycles. The van der Waals surface area contributed by atoms with Crippen molar-refractivity contribution in [3.8, 4) is 0 Å². The molecular weight excluding hydrogens is 291 g/mol. The second-order valence-electron chi connectivity index (χ2n) is 4.03. The van der Waals surface area contributed by atoms with Gasteiger partial charge in [-0.3, -0.25) is 4.79 Å². The summed E-state index contributed by atoms with van der Waals surface area (Å²) in [7, 11) is 1.41. The number of ether oxygens (including phenoxy) is 1. The summed E-state index contributed by atoms with van der Waals surface area (Å²) >= 11 is 0. The molecule has 4 N–H and O–H groups in total. The molecule has 0 aliphatic heterocycles. The van der Waals surface area contributed by atoms with Gasteiger partial charge in [0.2, 0.25) is 5.91 Å². The van der Waals surface area contributed by atoms with Crippen molar-refractivity contribution in [2.75, 3.05) is 19.0 Å². The highest BCUT2D eigenvalue weighted by atomic mass is 19.4. The van der Waals surface area contributed by atoms with Crippen LogP contribution in [-0.4, -0.2) is 30.7 Å². The Labute approximate surface area is 118 Å². The van der Waals surface area contributed by atoms with Crippen LogP contribution >= 0.6 is 0 Å². The number of amidine groups is 1. The number of anilines is 1. The number of alkyl halides is 3. The Morgan fingerprint density at radius 3 is 2.67 bits per heavy atom. The first-order valence-electron chi connectivity index (χ1n) is 5.77. The van der Waals surface area contributed by atoms with Gasteiger partial charge >= 0.3 is 6.18 Å². The zero-order valence-corrected chi connectivity index (χ0v) is 11.1. The van der Waals surface area contributed by atoms with Crippen LogP contribution in [0.2, 0.25) is 0 Å². The molecule has 0 heterocycles. The maximum Gasteiger partial charge on any atom is 0.416 e. The van der Waals surface area contributed by atoms with Gasteiger partial charge in [-0.15, -0.1) is 0 Å². The fraction of sp³-hybridized carbons (Fsp3) is 0.333. The molecular formula is C12H14F3N3O3. The molecule has 9 heteroatoms. The van der Waals surface area contributed by atoms with Crippen LogP contribution in [0.15, 0.2) is 23.4 Å². The molecule has 1 amide bonds. The summed E-state index contributed by atoms with van der Waals surface area (Å²) in [5.74, 6) is -1.01. The number of nitrogens with one attached hydrogen (secondary N) is 1. The second kappa shape index (κ2) is 6.93. The smallest absolute Gasteiger partial charge is 0.409 e. The van der Waals surface area contributed by atoms with E-state index in [1.54, 1.807) is 0 Å². The SMILES string of the molecule is COCCC(=O)Nc1ccc(C(F)(F)F)cc1/C(N)=N/O. The number of methoxy groups -OCH3 is 1. The topological polar surface area (TPSA) is 96.9 Å². The number of hydrogen-bond acceptors (Lipinski definition) is 4. The molecule has 0 saturated carbocycles. The lowest BCUT2D eigenvalue weighted by Gasteiger charge is -2.13. The van der Waals surface area contributed by atoms with Crippen LogP contribution < -0.4 is 11.1 Å². The zero-order valence-electron chi connectivity index (χ0n) is 11.1. The molecule has 0 unspecified atom stereocenters. The molecule has 1 aromatic carbocycles. The van der Waals surface area contributed by atoms with Crippen molar-refractivity contribution in [1.29, 1.82) is 0 Å². The standard InChI is InChI=1S/C12H14F3N3O3/c1-21-5-4-10(19)17-9-3-2-7(12(13,14)15)6-8(9)11(16)18-20/h2-3,6,20H,4-5H2,1H3,(H2,16,18)(H,17,19). The molecule has 0 fully saturated rings. The van der Waals surface area contributed by atoms with Crippen molar-refractivity contribution in [3.05, 3.63) is 29.3 Å². The summed E-state index contributed by atoms with van der Waals surface area (Å²) in [4.78, 5) is 11.6. The van der Waals surface area contributed by atoms with E-state index < -0.39 is 23.5 Å². The third kappa shape index (κ3) is 4.63. The number of rotatable bonds is 5. The molecule has 6 nitrogen and oxygen atoms in total. The zero-order chi connectivity index (χ0) is 16.0. The minimum Gasteiger partial charge on any atom is -0.409 e. The Morgan fingerprint density at radius 2 is 2.14 bits per heavy atom. The normalized spacial score (nSPS) is 12.3. The first-order valence-corrected chi connectivity index (χ1v) is 5.77. The second-order valence-corrected chi connectivity index (χ2v) is 4.03. The first kappa shape index (κ1) is 16.8. The summed E-state index contributed by atoms with van der Waals surface area (Å²) in [6, 6.07) is 2.53. The van der Waals surface area contributed by atoms with Crippen LogP contribution in [0.5, 0.6) is 0 Å². The lowest BCUT2D eigenvalue weighted by atomic mass is 10.1. The molecule has 1 rings (SSSR count). The molecule has 0 atom stereocenters. The lowest BCUT2D eigenvalue weighted by molar-refractivity contribution is -0.137. The number of carbonyl (C=O) groups is 1. The van der Waals surface area contributed by atoms with Crippen LogP contribution in [0.25, 0.3) is 0 Å². The molecule has 0 spiro atoms. The van der Waals surface area contributed by atoms with Gasteiger partial charge in [0.25, 0.3) is 0 Å². The summed E-state index contributed by atoms with van der Waals surface area (Å²) in [5.41, 5.74) is 4.16. The van der Waals surface area contributed by atoms with Crippen molar-refractivity contribution in [1.82, 2.24) is 0 Å². The quantitative estimate of drug-likeness (QED) is 0.334. The van der Waals surface area contributed by atoms with Gasteiger partial charge in [-0.25, -0.2) is 0 Å². The fourth-order valence-electron chi connectivity index (χ4n) is 1.50. The fourth-order valence-corrected chi connectivity index (χ4v) is 1.50. The highest BCUT2D eigenvalue weighted by molar-refractivity contribution is 6.05. The Bertz CT molecular complexity index is 544. The molecule has 0 radical (unpaired) electrons. The number of oxime groups is 1. The molecule has 0 aliphatic carbocycles. The van der Waals surface area contributed by atoms with Crippen molar-refractivity contribution in [2.24, 2.45) is 10.9 Å². The van der Waals surface area contributed by atoms with E-state index in [4.69, 9.17) is 15.7 Å². The number of amides is 1. The average Bonchev–Trinajstić information content (AvgIpc) is 2.43. The van der Waals surface area contributed by atoms with Crippen LogP contribution in [0.1, 0.15) is 17.5 Å². The number of carbonyl (C=O) groups excluding carboxylic acids is 1. The van der Waals surface area contributed by atoms with Gasteiger partial charge in [-0.05, 0) is 18.2 Å². The summed E-state index contributed by atoms with van der Waals surface area (Å²) in [6.45, 7) is 0.158. The van der Waals surface area contributed by atoms with Gasteiger partial charge in [0.05, 0.1) is 24.3 Å². The molecule has 21 heavy (non-hydrogen) atoms. The van der Waals surface area contributed by atoms with E-state index >= 15 is 0 Å². The van der Waals surface area contributed by atoms with E-state index in [0.717, 1.165) is 12.1 Å². The van der Waals surface area contributed by atoms with E-state index in [-0.39, 0.29) is 24.3 Å². The minimum absolute atomic E-state index is 0.0133. The predicted octanol–water partition coefficient (Wildman–Crippen LogP) is 1.77. The monoisotopic (exact) mass is 305 g/mol. The van der Waals surface area contributed by atoms with E-state index in [2.05, 4.69) is 10.5 Å². The van der Waals surface area contributed by atoms with E-state index in [9.17, 15) is 18.0 Å². The Kier molecular flexibility index (Phi) is 5.53. The number of nitrogens with two attached hydrogens (primary N) is 1. The molecule has 0 bridgehead atoms. The Morgan fingerprint density at radius 1 is 1.48 bits per heavy atom. The number of halogens is 3. The highest BCUT2D eigenvalue weighted by Gasteiger charge is 2.31. The number of hydrogen-bond donors (Lipinski definition) is 3. The minimum atomic E-state index is -4.58. The van der Waals surface area contributed by atoms with Gasteiger partial charge in [0.15, 0.2) is 5.84 Å². The average molecular weight is 305 g/mol. The van der Waals surface area contributed by atoms with E-state index in [1.807, 2.05) is 0 Å². The predicted molar refractivity (Wildman–Crippen MR) is 69.1 cm³/mol. The van der Waals surface area contributed by atoms with Crippen molar-refractivity contribution in [3.63, 3.8) is 0 Å². The number of nitrogens with zero attached hydrogens (tertiary/aromatic N) is 1. The molecule has 1 aromatic rings. The third-order valence-electron chi connectivity index (χ3n) is 2.54. The van der Waals surface area contributed by atoms with Gasteiger partial charge in [-0.1, -0.05) is 5.16 Å². The van der Waals surface area contributed by atoms with Crippen LogP contribution in [0, 0.1) is 0 Å². The van der Waals surface area contributed by atoms with Crippen LogP contribution in [0.3, 0.4) is 0 Å². The van der Waals surface area contributed by atoms with E-state index in [1.165, 1.54) is 7.11 Å². The summed E-state index contributed by atoms with van der Waals surface area (Å²) in [5, 5.41) is 13.7. The third-order valence-corrected chi connectivity index (χ3v) is 2.54. The van der Waals surface area contributed by atoms with Crippen LogP contribution in [0.4, 0.5) is 18.9 Å². The maximum absolute atomic E-state index is 12.6. The van der Waals surface area contributed by atoms with Crippen molar-refractivity contribution in [2.45, 2.75) is 12.6 Å². The molecule has 0 aliphatic rings. The van der Waals surface area contributed by atoms with Crippen molar-refractivity contribution >= 4 is 17.4 Å². The van der Waals surface area contributed by atoms with Gasteiger partial charge in [-0.2, -0.15) is 13.2 Å². The Hall–Kier alpha value is -2.29. The Balaban J connectivity index is 3.11. The summed E-state index contributed by atoms with van der Waals surface area (Å²) in [6.07, 6.45) is -4.56. The first-order chi connectivity index (χ1) is 9.79. The largest absolute Gasteiger partial charge is 0.416 e. The highest BCUT2D eigenvalue weighted by Crippen LogP contribution is 2.31. The number of benzene rings is 1. The van der Waals surface area contributed by atoms with Gasteiger partial charge in [0.1, 0.15) is 0 Å². The van der Waals surface area contributed by atoms with Crippen LogP contribution in [-0.2, 0) is 15.7 Å². The molecule has 0 aromatic heterocycles. The maximum atomic E-state index is 12.6. The lowest BCUT2D eigenvalue weighted by Crippen LogP contribution is -2.21.